The van der Waals surface area contributed by atoms with Crippen LogP contribution in [0.25, 0.3) is 0 Å². The van der Waals surface area contributed by atoms with Gasteiger partial charge in [0.1, 0.15) is 0 Å². The fourth-order valence-electron chi connectivity index (χ4n) is 0.862. The Morgan fingerprint density at radius 3 is 2.50 bits per heavy atom. The zero-order valence-electron chi connectivity index (χ0n) is 5.60. The molecule has 2 nitrogen and oxygen atoms in total. The molecule has 1 unspecified atom stereocenters. The zero-order chi connectivity index (χ0) is 6.15. The number of rotatable bonds is 0. The lowest BCUT2D eigenvalue weighted by Crippen LogP contribution is -2.30. The van der Waals surface area contributed by atoms with Crippen molar-refractivity contribution in [2.24, 2.45) is 0 Å². The molecule has 0 aromatic rings. The average molecular weight is 112 g/mol. The van der Waals surface area contributed by atoms with E-state index in [0.29, 0.717) is 6.04 Å². The van der Waals surface area contributed by atoms with Crippen molar-refractivity contribution in [2.75, 3.05) is 7.05 Å². The molecule has 0 saturated carbocycles. The summed E-state index contributed by atoms with van der Waals surface area (Å²) >= 11 is 0. The summed E-state index contributed by atoms with van der Waals surface area (Å²) in [5, 5.41) is 1.99. The molecular formula is C6H12N2. The lowest BCUT2D eigenvalue weighted by Gasteiger charge is -2.10. The van der Waals surface area contributed by atoms with Gasteiger partial charge in [-0.05, 0) is 19.4 Å². The topological polar surface area (TPSA) is 15.3 Å². The molecular weight excluding hydrogens is 100 g/mol. The molecule has 0 aromatic heterocycles. The SMILES string of the molecule is CC1=CN(C)NC1C. The third-order valence-electron chi connectivity index (χ3n) is 1.48. The molecule has 46 valence electrons. The number of hydrogen-bond donors (Lipinski definition) is 1. The van der Waals surface area contributed by atoms with Gasteiger partial charge >= 0.3 is 0 Å². The van der Waals surface area contributed by atoms with Crippen molar-refractivity contribution in [3.63, 3.8) is 0 Å². The van der Waals surface area contributed by atoms with Gasteiger partial charge in [0.2, 0.25) is 0 Å². The molecule has 0 amide bonds. The fraction of sp³-hybridized carbons (Fsp3) is 0.667. The largest absolute Gasteiger partial charge is 0.318 e. The quantitative estimate of drug-likeness (QED) is 0.497. The molecule has 1 atom stereocenters. The van der Waals surface area contributed by atoms with E-state index in [0.717, 1.165) is 0 Å². The number of nitrogens with zero attached hydrogens (tertiary/aromatic N) is 1. The predicted octanol–water partition coefficient (Wildman–Crippen LogP) is 0.729. The number of hydrazine groups is 1. The van der Waals surface area contributed by atoms with Crippen LogP contribution in [-0.2, 0) is 0 Å². The standard InChI is InChI=1S/C6H12N2/c1-5-4-8(3)7-6(5)2/h4,6-7H,1-3H3. The monoisotopic (exact) mass is 112 g/mol. The normalized spacial score (nSPS) is 28.6. The fourth-order valence-corrected chi connectivity index (χ4v) is 0.862. The van der Waals surface area contributed by atoms with Crippen LogP contribution in [0.4, 0.5) is 0 Å². The van der Waals surface area contributed by atoms with Crippen LogP contribution in [0.2, 0.25) is 0 Å². The summed E-state index contributed by atoms with van der Waals surface area (Å²) in [4.78, 5) is 0. The van der Waals surface area contributed by atoms with E-state index < -0.39 is 0 Å². The van der Waals surface area contributed by atoms with Gasteiger partial charge in [-0.25, -0.2) is 5.43 Å². The summed E-state index contributed by atoms with van der Waals surface area (Å²) in [6.07, 6.45) is 2.10. The van der Waals surface area contributed by atoms with Crippen molar-refractivity contribution in [1.82, 2.24) is 10.4 Å². The maximum absolute atomic E-state index is 3.21. The highest BCUT2D eigenvalue weighted by Gasteiger charge is 2.11. The van der Waals surface area contributed by atoms with E-state index in [2.05, 4.69) is 25.5 Å². The first kappa shape index (κ1) is 5.63. The highest BCUT2D eigenvalue weighted by molar-refractivity contribution is 5.09. The van der Waals surface area contributed by atoms with Gasteiger partial charge < -0.3 is 5.01 Å². The minimum absolute atomic E-state index is 0.528. The molecule has 0 saturated heterocycles. The molecule has 1 heterocycles. The summed E-state index contributed by atoms with van der Waals surface area (Å²) in [5.74, 6) is 0. The molecule has 8 heavy (non-hydrogen) atoms. The van der Waals surface area contributed by atoms with Crippen LogP contribution >= 0.6 is 0 Å². The summed E-state index contributed by atoms with van der Waals surface area (Å²) in [6, 6.07) is 0.528. The average Bonchev–Trinajstić information content (AvgIpc) is 1.85. The van der Waals surface area contributed by atoms with Crippen molar-refractivity contribution in [2.45, 2.75) is 19.9 Å². The Labute approximate surface area is 50.1 Å². The van der Waals surface area contributed by atoms with E-state index in [1.54, 1.807) is 0 Å². The van der Waals surface area contributed by atoms with Gasteiger partial charge in [0.15, 0.2) is 0 Å². The molecule has 0 spiro atoms. The molecule has 1 aliphatic heterocycles. The summed E-state index contributed by atoms with van der Waals surface area (Å²) in [6.45, 7) is 4.27. The van der Waals surface area contributed by atoms with Crippen molar-refractivity contribution in [3.05, 3.63) is 11.8 Å². The van der Waals surface area contributed by atoms with Crippen LogP contribution < -0.4 is 5.43 Å². The Bertz CT molecular complexity index is 118. The van der Waals surface area contributed by atoms with Crippen LogP contribution in [0.1, 0.15) is 13.8 Å². The molecule has 0 radical (unpaired) electrons. The van der Waals surface area contributed by atoms with E-state index in [1.807, 2.05) is 12.1 Å². The summed E-state index contributed by atoms with van der Waals surface area (Å²) < 4.78 is 0. The second-order valence-electron chi connectivity index (χ2n) is 2.33. The Balaban J connectivity index is 2.59. The van der Waals surface area contributed by atoms with Gasteiger partial charge in [-0.3, -0.25) is 0 Å². The van der Waals surface area contributed by atoms with Gasteiger partial charge in [-0.1, -0.05) is 0 Å². The molecule has 1 N–H and O–H groups in total. The summed E-state index contributed by atoms with van der Waals surface area (Å²) in [5.41, 5.74) is 4.60. The van der Waals surface area contributed by atoms with Gasteiger partial charge in [-0.2, -0.15) is 0 Å². The maximum Gasteiger partial charge on any atom is 0.0458 e. The number of hydrogen-bond acceptors (Lipinski definition) is 2. The minimum Gasteiger partial charge on any atom is -0.318 e. The Hall–Kier alpha value is -0.500. The first-order valence-electron chi connectivity index (χ1n) is 2.87. The summed E-state index contributed by atoms with van der Waals surface area (Å²) in [7, 11) is 2.01. The van der Waals surface area contributed by atoms with Crippen LogP contribution in [0.3, 0.4) is 0 Å². The first-order chi connectivity index (χ1) is 3.70. The molecule has 0 aromatic carbocycles. The van der Waals surface area contributed by atoms with Gasteiger partial charge in [0.05, 0.1) is 0 Å². The van der Waals surface area contributed by atoms with Gasteiger partial charge in [0.25, 0.3) is 0 Å². The Morgan fingerprint density at radius 2 is 2.38 bits per heavy atom. The molecule has 2 heteroatoms. The van der Waals surface area contributed by atoms with E-state index in [9.17, 15) is 0 Å². The van der Waals surface area contributed by atoms with Crippen molar-refractivity contribution in [1.29, 1.82) is 0 Å². The van der Waals surface area contributed by atoms with Crippen molar-refractivity contribution >= 4 is 0 Å². The van der Waals surface area contributed by atoms with Gasteiger partial charge in [-0.15, -0.1) is 0 Å². The third kappa shape index (κ3) is 0.842. The smallest absolute Gasteiger partial charge is 0.0458 e. The van der Waals surface area contributed by atoms with Crippen LogP contribution in [-0.4, -0.2) is 18.1 Å². The highest BCUT2D eigenvalue weighted by Crippen LogP contribution is 2.07. The Kier molecular flexibility index (Phi) is 1.26. The molecule has 0 aliphatic carbocycles. The van der Waals surface area contributed by atoms with E-state index in [-0.39, 0.29) is 0 Å². The molecule has 1 aliphatic rings. The second kappa shape index (κ2) is 1.78. The van der Waals surface area contributed by atoms with Gasteiger partial charge in [0, 0.05) is 19.3 Å². The Morgan fingerprint density at radius 1 is 1.75 bits per heavy atom. The van der Waals surface area contributed by atoms with E-state index in [1.165, 1.54) is 5.57 Å². The number of nitrogens with one attached hydrogen (secondary N) is 1. The van der Waals surface area contributed by atoms with Crippen LogP contribution in [0.5, 0.6) is 0 Å². The molecule has 0 bridgehead atoms. The minimum atomic E-state index is 0.528. The second-order valence-corrected chi connectivity index (χ2v) is 2.33. The van der Waals surface area contributed by atoms with E-state index in [4.69, 9.17) is 0 Å². The third-order valence-corrected chi connectivity index (χ3v) is 1.48. The molecule has 0 fully saturated rings. The first-order valence-corrected chi connectivity index (χ1v) is 2.87. The van der Waals surface area contributed by atoms with Crippen LogP contribution in [0, 0.1) is 0 Å². The zero-order valence-corrected chi connectivity index (χ0v) is 5.60. The lowest BCUT2D eigenvalue weighted by atomic mass is 10.2. The van der Waals surface area contributed by atoms with Crippen molar-refractivity contribution in [3.8, 4) is 0 Å². The molecule has 1 rings (SSSR count). The van der Waals surface area contributed by atoms with Crippen molar-refractivity contribution < 1.29 is 0 Å². The highest BCUT2D eigenvalue weighted by atomic mass is 15.5. The lowest BCUT2D eigenvalue weighted by molar-refractivity contribution is 0.337. The maximum atomic E-state index is 3.21. The van der Waals surface area contributed by atoms with Crippen LogP contribution in [0.15, 0.2) is 11.8 Å². The van der Waals surface area contributed by atoms with E-state index >= 15 is 0 Å². The predicted molar refractivity (Wildman–Crippen MR) is 34.1 cm³/mol.